The Kier molecular flexibility index (Phi) is 2.26. The van der Waals surface area contributed by atoms with Crippen LogP contribution in [0.4, 0.5) is 0 Å². The average molecular weight is 201 g/mol. The van der Waals surface area contributed by atoms with Crippen LogP contribution in [0.1, 0.15) is 13.0 Å². The van der Waals surface area contributed by atoms with Crippen molar-refractivity contribution in [2.24, 2.45) is 7.05 Å². The van der Waals surface area contributed by atoms with E-state index in [0.717, 1.165) is 11.4 Å². The van der Waals surface area contributed by atoms with Crippen LogP contribution in [-0.4, -0.2) is 19.3 Å². The van der Waals surface area contributed by atoms with E-state index in [2.05, 4.69) is 16.2 Å². The van der Waals surface area contributed by atoms with Crippen molar-refractivity contribution in [3.63, 3.8) is 0 Å². The Morgan fingerprint density at radius 3 is 2.93 bits per heavy atom. The molecule has 0 saturated heterocycles. The maximum absolute atomic E-state index is 8.75. The molecule has 0 aliphatic rings. The molecule has 0 bridgehead atoms. The second-order valence-corrected chi connectivity index (χ2v) is 3.38. The Hall–Kier alpha value is -2.09. The van der Waals surface area contributed by atoms with Crippen LogP contribution in [0.15, 0.2) is 24.8 Å². The first-order valence-electron chi connectivity index (χ1n) is 4.64. The molecule has 5 nitrogen and oxygen atoms in total. The number of hydrogen-bond acceptors (Lipinski definition) is 3. The number of nitriles is 1. The molecule has 0 spiro atoms. The molecule has 2 aromatic rings. The summed E-state index contributed by atoms with van der Waals surface area (Å²) < 4.78 is 3.54. The maximum atomic E-state index is 8.75. The fourth-order valence-corrected chi connectivity index (χ4v) is 1.37. The van der Waals surface area contributed by atoms with E-state index in [1.165, 1.54) is 0 Å². The summed E-state index contributed by atoms with van der Waals surface area (Å²) in [4.78, 5) is 4.21. The van der Waals surface area contributed by atoms with Crippen molar-refractivity contribution in [3.8, 4) is 17.5 Å². The molecule has 0 fully saturated rings. The third-order valence-electron chi connectivity index (χ3n) is 2.26. The van der Waals surface area contributed by atoms with Crippen LogP contribution in [0.25, 0.3) is 11.4 Å². The first-order valence-corrected chi connectivity index (χ1v) is 4.64. The molecule has 0 aromatic carbocycles. The number of imidazole rings is 1. The molecule has 2 aromatic heterocycles. The van der Waals surface area contributed by atoms with Crippen LogP contribution in [0.2, 0.25) is 0 Å². The molecule has 0 amide bonds. The third kappa shape index (κ3) is 1.62. The lowest BCUT2D eigenvalue weighted by Gasteiger charge is -2.00. The maximum Gasteiger partial charge on any atom is 0.142 e. The van der Waals surface area contributed by atoms with E-state index in [0.29, 0.717) is 0 Å². The molecule has 2 rings (SSSR count). The summed E-state index contributed by atoms with van der Waals surface area (Å²) in [5, 5.41) is 12.9. The monoisotopic (exact) mass is 201 g/mol. The van der Waals surface area contributed by atoms with Gasteiger partial charge in [0.15, 0.2) is 0 Å². The Morgan fingerprint density at radius 1 is 1.53 bits per heavy atom. The molecule has 0 aliphatic carbocycles. The lowest BCUT2D eigenvalue weighted by Crippen LogP contribution is -2.02. The summed E-state index contributed by atoms with van der Waals surface area (Å²) in [7, 11) is 1.92. The van der Waals surface area contributed by atoms with Crippen molar-refractivity contribution in [1.82, 2.24) is 19.3 Å². The highest BCUT2D eigenvalue weighted by molar-refractivity contribution is 5.52. The highest BCUT2D eigenvalue weighted by Gasteiger charge is 2.09. The Labute approximate surface area is 87.6 Å². The minimum Gasteiger partial charge on any atom is -0.334 e. The molecule has 0 saturated carbocycles. The minimum absolute atomic E-state index is 0.251. The number of hydrogen-bond donors (Lipinski definition) is 0. The number of nitrogens with zero attached hydrogens (tertiary/aromatic N) is 5. The Morgan fingerprint density at radius 2 is 2.33 bits per heavy atom. The molecule has 0 radical (unpaired) electrons. The van der Waals surface area contributed by atoms with Gasteiger partial charge in [0.25, 0.3) is 0 Å². The highest BCUT2D eigenvalue weighted by atomic mass is 15.3. The van der Waals surface area contributed by atoms with E-state index >= 15 is 0 Å². The summed E-state index contributed by atoms with van der Waals surface area (Å²) in [6.07, 6.45) is 7.16. The summed E-state index contributed by atoms with van der Waals surface area (Å²) >= 11 is 0. The Balaban J connectivity index is 2.37. The first kappa shape index (κ1) is 9.46. The van der Waals surface area contributed by atoms with Gasteiger partial charge in [-0.3, -0.25) is 4.68 Å². The van der Waals surface area contributed by atoms with Gasteiger partial charge in [0.2, 0.25) is 0 Å². The zero-order valence-corrected chi connectivity index (χ0v) is 8.62. The molecule has 15 heavy (non-hydrogen) atoms. The van der Waals surface area contributed by atoms with Crippen molar-refractivity contribution < 1.29 is 0 Å². The number of aryl methyl sites for hydroxylation is 1. The average Bonchev–Trinajstić information content (AvgIpc) is 2.84. The van der Waals surface area contributed by atoms with Crippen molar-refractivity contribution in [3.05, 3.63) is 24.8 Å². The fraction of sp³-hybridized carbons (Fsp3) is 0.300. The van der Waals surface area contributed by atoms with E-state index in [-0.39, 0.29) is 6.04 Å². The molecule has 1 atom stereocenters. The molecular weight excluding hydrogens is 190 g/mol. The van der Waals surface area contributed by atoms with Crippen molar-refractivity contribution in [2.75, 3.05) is 0 Å². The quantitative estimate of drug-likeness (QED) is 0.737. The van der Waals surface area contributed by atoms with Crippen LogP contribution in [0, 0.1) is 11.3 Å². The smallest absolute Gasteiger partial charge is 0.142 e. The largest absolute Gasteiger partial charge is 0.334 e. The van der Waals surface area contributed by atoms with Gasteiger partial charge in [-0.05, 0) is 6.92 Å². The molecule has 2 heterocycles. The number of aromatic nitrogens is 4. The van der Waals surface area contributed by atoms with Gasteiger partial charge in [0.1, 0.15) is 11.9 Å². The number of rotatable bonds is 2. The van der Waals surface area contributed by atoms with Crippen molar-refractivity contribution in [1.29, 1.82) is 5.26 Å². The molecule has 76 valence electrons. The van der Waals surface area contributed by atoms with Crippen LogP contribution in [0.5, 0.6) is 0 Å². The fourth-order valence-electron chi connectivity index (χ4n) is 1.37. The van der Waals surface area contributed by atoms with Crippen LogP contribution in [-0.2, 0) is 7.05 Å². The van der Waals surface area contributed by atoms with Crippen LogP contribution >= 0.6 is 0 Å². The van der Waals surface area contributed by atoms with Crippen LogP contribution < -0.4 is 0 Å². The lowest BCUT2D eigenvalue weighted by molar-refractivity contribution is 0.591. The van der Waals surface area contributed by atoms with Gasteiger partial charge in [-0.1, -0.05) is 0 Å². The summed E-state index contributed by atoms with van der Waals surface area (Å²) in [5.41, 5.74) is 0.921. The first-order chi connectivity index (χ1) is 7.22. The SMILES string of the molecule is CC(C#N)n1cc(-c2nccn2C)cn1. The molecule has 5 heteroatoms. The van der Waals surface area contributed by atoms with E-state index in [4.69, 9.17) is 5.26 Å². The normalized spacial score (nSPS) is 12.3. The predicted molar refractivity (Wildman–Crippen MR) is 54.8 cm³/mol. The van der Waals surface area contributed by atoms with Gasteiger partial charge < -0.3 is 4.57 Å². The van der Waals surface area contributed by atoms with Gasteiger partial charge in [-0.2, -0.15) is 10.4 Å². The van der Waals surface area contributed by atoms with Gasteiger partial charge >= 0.3 is 0 Å². The van der Waals surface area contributed by atoms with E-state index in [9.17, 15) is 0 Å². The topological polar surface area (TPSA) is 59.4 Å². The van der Waals surface area contributed by atoms with Crippen molar-refractivity contribution in [2.45, 2.75) is 13.0 Å². The van der Waals surface area contributed by atoms with Gasteiger partial charge in [-0.15, -0.1) is 0 Å². The van der Waals surface area contributed by atoms with Gasteiger partial charge in [-0.25, -0.2) is 4.98 Å². The third-order valence-corrected chi connectivity index (χ3v) is 2.26. The second kappa shape index (κ2) is 3.58. The highest BCUT2D eigenvalue weighted by Crippen LogP contribution is 2.16. The standard InChI is InChI=1S/C10H11N5/c1-8(5-11)15-7-9(6-13-15)10-12-3-4-14(10)2/h3-4,6-8H,1-2H3. The predicted octanol–water partition coefficient (Wildman–Crippen LogP) is 1.37. The second-order valence-electron chi connectivity index (χ2n) is 3.38. The Bertz CT molecular complexity index is 502. The van der Waals surface area contributed by atoms with E-state index < -0.39 is 0 Å². The van der Waals surface area contributed by atoms with E-state index in [1.807, 2.05) is 24.0 Å². The zero-order chi connectivity index (χ0) is 10.8. The molecule has 0 aliphatic heterocycles. The lowest BCUT2D eigenvalue weighted by atomic mass is 10.3. The minimum atomic E-state index is -0.251. The van der Waals surface area contributed by atoms with Crippen LogP contribution in [0.3, 0.4) is 0 Å². The van der Waals surface area contributed by atoms with Crippen molar-refractivity contribution >= 4 is 0 Å². The van der Waals surface area contributed by atoms with Gasteiger partial charge in [0.05, 0.1) is 17.8 Å². The summed E-state index contributed by atoms with van der Waals surface area (Å²) in [6, 6.07) is 1.88. The zero-order valence-electron chi connectivity index (χ0n) is 8.62. The van der Waals surface area contributed by atoms with Gasteiger partial charge in [0, 0.05) is 25.6 Å². The molecule has 0 N–H and O–H groups in total. The summed E-state index contributed by atoms with van der Waals surface area (Å²) in [5.74, 6) is 0.853. The molecule has 1 unspecified atom stereocenters. The van der Waals surface area contributed by atoms with E-state index in [1.54, 1.807) is 24.0 Å². The molecular formula is C10H11N5. The summed E-state index contributed by atoms with van der Waals surface area (Å²) in [6.45, 7) is 1.80.